The molecular weight excluding hydrogens is 246 g/mol. The maximum atomic E-state index is 11.4. The van der Waals surface area contributed by atoms with Gasteiger partial charge in [-0.3, -0.25) is 4.79 Å². The van der Waals surface area contributed by atoms with Gasteiger partial charge in [0.15, 0.2) is 0 Å². The molecule has 114 valence electrons. The van der Waals surface area contributed by atoms with Gasteiger partial charge in [0.2, 0.25) is 5.91 Å². The van der Waals surface area contributed by atoms with Crippen LogP contribution in [-0.2, 0) is 4.79 Å². The maximum Gasteiger partial charge on any atom is 0.243 e. The Hall–Kier alpha value is -1.31. The Morgan fingerprint density at radius 3 is 2.40 bits per heavy atom. The Morgan fingerprint density at radius 2 is 1.70 bits per heavy atom. The van der Waals surface area contributed by atoms with Gasteiger partial charge in [0.1, 0.15) is 0 Å². The van der Waals surface area contributed by atoms with Gasteiger partial charge < -0.3 is 5.32 Å². The molecule has 0 unspecified atom stereocenters. The quantitative estimate of drug-likeness (QED) is 0.250. The van der Waals surface area contributed by atoms with E-state index in [4.69, 9.17) is 0 Å². The van der Waals surface area contributed by atoms with Gasteiger partial charge >= 0.3 is 0 Å². The number of unbranched alkanes of at least 4 members (excludes halogenated alkanes) is 4. The van der Waals surface area contributed by atoms with E-state index in [1.54, 1.807) is 12.2 Å². The first-order valence-electron chi connectivity index (χ1n) is 7.92. The molecule has 1 N–H and O–H groups in total. The van der Waals surface area contributed by atoms with Crippen LogP contribution in [0.25, 0.3) is 0 Å². The smallest absolute Gasteiger partial charge is 0.243 e. The number of nitrogens with one attached hydrogen (secondary N) is 1. The van der Waals surface area contributed by atoms with Crippen LogP contribution in [0.1, 0.15) is 59.3 Å². The molecule has 0 bridgehead atoms. The largest absolute Gasteiger partial charge is 0.352 e. The number of hydrogen-bond donors (Lipinski definition) is 1. The molecule has 2 nitrogen and oxygen atoms in total. The first kappa shape index (κ1) is 18.7. The zero-order valence-corrected chi connectivity index (χ0v) is 13.4. The van der Waals surface area contributed by atoms with Crippen LogP contribution in [0.2, 0.25) is 0 Å². The lowest BCUT2D eigenvalue weighted by atomic mass is 10.2. The Balaban J connectivity index is 3.53. The van der Waals surface area contributed by atoms with Crippen LogP contribution in [-0.4, -0.2) is 12.5 Å². The van der Waals surface area contributed by atoms with Crippen molar-refractivity contribution in [3.8, 4) is 0 Å². The van der Waals surface area contributed by atoms with E-state index in [-0.39, 0.29) is 5.91 Å². The summed E-state index contributed by atoms with van der Waals surface area (Å²) >= 11 is 0. The zero-order chi connectivity index (χ0) is 15.1. The van der Waals surface area contributed by atoms with Crippen LogP contribution in [0.5, 0.6) is 0 Å². The molecule has 0 aliphatic carbocycles. The van der Waals surface area contributed by atoms with Gasteiger partial charge in [-0.1, -0.05) is 64.0 Å². The summed E-state index contributed by atoms with van der Waals surface area (Å²) in [6.07, 6.45) is 19.2. The van der Waals surface area contributed by atoms with E-state index in [1.807, 2.05) is 6.08 Å². The van der Waals surface area contributed by atoms with Crippen molar-refractivity contribution in [2.75, 3.05) is 6.54 Å². The van der Waals surface area contributed by atoms with Crippen molar-refractivity contribution in [1.29, 1.82) is 0 Å². The minimum Gasteiger partial charge on any atom is -0.352 e. The summed E-state index contributed by atoms with van der Waals surface area (Å²) in [6, 6.07) is 0. The van der Waals surface area contributed by atoms with E-state index in [2.05, 4.69) is 44.3 Å². The van der Waals surface area contributed by atoms with Crippen LogP contribution in [0.15, 0.2) is 36.5 Å². The van der Waals surface area contributed by atoms with E-state index >= 15 is 0 Å². The van der Waals surface area contributed by atoms with Crippen LogP contribution in [0.4, 0.5) is 0 Å². The van der Waals surface area contributed by atoms with Crippen molar-refractivity contribution < 1.29 is 4.79 Å². The molecule has 2 heteroatoms. The molecule has 0 rings (SSSR count). The molecule has 0 saturated heterocycles. The van der Waals surface area contributed by atoms with Crippen molar-refractivity contribution in [2.24, 2.45) is 5.92 Å². The van der Waals surface area contributed by atoms with E-state index < -0.39 is 0 Å². The molecule has 0 aliphatic rings. The lowest BCUT2D eigenvalue weighted by Gasteiger charge is -2.03. The second-order valence-corrected chi connectivity index (χ2v) is 5.47. The molecule has 0 aliphatic heterocycles. The number of rotatable bonds is 11. The van der Waals surface area contributed by atoms with E-state index in [0.717, 1.165) is 19.4 Å². The molecule has 0 heterocycles. The number of carbonyl (C=O) groups excluding carboxylic acids is 1. The molecule has 0 aromatic carbocycles. The van der Waals surface area contributed by atoms with Gasteiger partial charge in [-0.25, -0.2) is 0 Å². The highest BCUT2D eigenvalue weighted by molar-refractivity contribution is 5.87. The molecule has 0 fully saturated rings. The third-order valence-electron chi connectivity index (χ3n) is 2.82. The van der Waals surface area contributed by atoms with Crippen molar-refractivity contribution >= 4 is 5.91 Å². The molecule has 0 saturated carbocycles. The summed E-state index contributed by atoms with van der Waals surface area (Å²) in [6.45, 7) is 7.13. The molecular formula is C18H31NO. The van der Waals surface area contributed by atoms with Gasteiger partial charge in [-0.05, 0) is 31.6 Å². The number of allylic oxidation sites excluding steroid dienone is 5. The highest BCUT2D eigenvalue weighted by Crippen LogP contribution is 2.01. The number of carbonyl (C=O) groups is 1. The van der Waals surface area contributed by atoms with Gasteiger partial charge in [-0.15, -0.1) is 0 Å². The summed E-state index contributed by atoms with van der Waals surface area (Å²) in [7, 11) is 0. The second kappa shape index (κ2) is 14.1. The third-order valence-corrected chi connectivity index (χ3v) is 2.82. The average molecular weight is 277 g/mol. The van der Waals surface area contributed by atoms with E-state index in [9.17, 15) is 4.79 Å². The van der Waals surface area contributed by atoms with Crippen molar-refractivity contribution in [2.45, 2.75) is 59.3 Å². The predicted molar refractivity (Wildman–Crippen MR) is 88.6 cm³/mol. The fourth-order valence-electron chi connectivity index (χ4n) is 1.62. The molecule has 1 amide bonds. The van der Waals surface area contributed by atoms with Gasteiger partial charge in [0.25, 0.3) is 0 Å². The average Bonchev–Trinajstić information content (AvgIpc) is 2.42. The van der Waals surface area contributed by atoms with E-state index in [0.29, 0.717) is 5.92 Å². The number of amides is 1. The number of hydrogen-bond acceptors (Lipinski definition) is 1. The Bertz CT molecular complexity index is 313. The van der Waals surface area contributed by atoms with Gasteiger partial charge in [0.05, 0.1) is 0 Å². The van der Waals surface area contributed by atoms with Crippen LogP contribution < -0.4 is 5.32 Å². The lowest BCUT2D eigenvalue weighted by molar-refractivity contribution is -0.116. The molecule has 0 aromatic heterocycles. The fourth-order valence-corrected chi connectivity index (χ4v) is 1.62. The predicted octanol–water partition coefficient (Wildman–Crippen LogP) is 4.79. The fraction of sp³-hybridized carbons (Fsp3) is 0.611. The summed E-state index contributed by atoms with van der Waals surface area (Å²) in [5, 5.41) is 2.85. The molecule has 0 atom stereocenters. The summed E-state index contributed by atoms with van der Waals surface area (Å²) in [5.41, 5.74) is 0. The monoisotopic (exact) mass is 277 g/mol. The van der Waals surface area contributed by atoms with E-state index in [1.165, 1.54) is 25.7 Å². The highest BCUT2D eigenvalue weighted by atomic mass is 16.1. The molecule has 0 radical (unpaired) electrons. The molecule has 0 spiro atoms. The minimum atomic E-state index is -0.0147. The maximum absolute atomic E-state index is 11.4. The SMILES string of the molecule is CCCCCC=CCCC=CC=CC(=O)NCC(C)C. The van der Waals surface area contributed by atoms with Gasteiger partial charge in [-0.2, -0.15) is 0 Å². The first-order chi connectivity index (χ1) is 9.66. The normalized spacial score (nSPS) is 12.2. The van der Waals surface area contributed by atoms with Crippen LogP contribution >= 0.6 is 0 Å². The van der Waals surface area contributed by atoms with Crippen molar-refractivity contribution in [3.05, 3.63) is 36.5 Å². The van der Waals surface area contributed by atoms with Gasteiger partial charge in [0, 0.05) is 12.6 Å². The summed E-state index contributed by atoms with van der Waals surface area (Å²) in [4.78, 5) is 11.4. The Morgan fingerprint density at radius 1 is 1.00 bits per heavy atom. The van der Waals surface area contributed by atoms with Crippen molar-refractivity contribution in [3.63, 3.8) is 0 Å². The zero-order valence-electron chi connectivity index (χ0n) is 13.4. The highest BCUT2D eigenvalue weighted by Gasteiger charge is 1.95. The lowest BCUT2D eigenvalue weighted by Crippen LogP contribution is -2.25. The first-order valence-corrected chi connectivity index (χ1v) is 7.92. The summed E-state index contributed by atoms with van der Waals surface area (Å²) < 4.78 is 0. The Labute approximate surface area is 125 Å². The van der Waals surface area contributed by atoms with Crippen LogP contribution in [0, 0.1) is 5.92 Å². The second-order valence-electron chi connectivity index (χ2n) is 5.47. The summed E-state index contributed by atoms with van der Waals surface area (Å²) in [5.74, 6) is 0.478. The molecule has 0 aromatic rings. The topological polar surface area (TPSA) is 29.1 Å². The standard InChI is InChI=1S/C18H31NO/c1-4-5-6-7-8-9-10-11-12-13-14-15-18(20)19-16-17(2)3/h8-9,12-15,17H,4-7,10-11,16H2,1-3H3,(H,19,20). The minimum absolute atomic E-state index is 0.0147. The molecule has 20 heavy (non-hydrogen) atoms. The van der Waals surface area contributed by atoms with Crippen LogP contribution in [0.3, 0.4) is 0 Å². The van der Waals surface area contributed by atoms with Crippen molar-refractivity contribution in [1.82, 2.24) is 5.32 Å². The third kappa shape index (κ3) is 14.7. The Kier molecular flexibility index (Phi) is 13.2.